The normalized spacial score (nSPS) is 13.0. The molecule has 0 aliphatic heterocycles. The molecular formula is C10H11NO2S. The molecule has 0 saturated carbocycles. The van der Waals surface area contributed by atoms with Gasteiger partial charge in [-0.2, -0.15) is 0 Å². The molecule has 0 aliphatic carbocycles. The van der Waals surface area contributed by atoms with Crippen LogP contribution in [0.1, 0.15) is 22.2 Å². The Hall–Kier alpha value is -1.13. The van der Waals surface area contributed by atoms with Crippen LogP contribution in [0, 0.1) is 6.92 Å². The zero-order valence-corrected chi connectivity index (χ0v) is 8.62. The number of furan rings is 1. The molecule has 2 heterocycles. The summed E-state index contributed by atoms with van der Waals surface area (Å²) in [4.78, 5) is 5.04. The number of aryl methyl sites for hydroxylation is 1. The third-order valence-electron chi connectivity index (χ3n) is 2.09. The number of aromatic nitrogens is 1. The predicted octanol–water partition coefficient (Wildman–Crippen LogP) is 2.32. The fourth-order valence-corrected chi connectivity index (χ4v) is 2.14. The minimum absolute atomic E-state index is 0.472. The molecule has 0 aromatic carbocycles. The van der Waals surface area contributed by atoms with Crippen LogP contribution < -0.4 is 0 Å². The van der Waals surface area contributed by atoms with Crippen LogP contribution in [-0.2, 0) is 6.42 Å². The average Bonchev–Trinajstić information content (AvgIpc) is 2.75. The number of aliphatic hydroxyl groups is 1. The first-order valence-electron chi connectivity index (χ1n) is 4.36. The summed E-state index contributed by atoms with van der Waals surface area (Å²) in [6, 6.07) is 1.86. The van der Waals surface area contributed by atoms with Crippen LogP contribution in [0.3, 0.4) is 0 Å². The molecule has 2 rings (SSSR count). The number of nitrogens with zero attached hydrogens (tertiary/aromatic N) is 1. The molecule has 1 unspecified atom stereocenters. The molecule has 0 aliphatic rings. The van der Waals surface area contributed by atoms with E-state index in [9.17, 15) is 5.11 Å². The van der Waals surface area contributed by atoms with Crippen LogP contribution in [0.25, 0.3) is 0 Å². The second-order valence-electron chi connectivity index (χ2n) is 3.15. The van der Waals surface area contributed by atoms with E-state index in [0.29, 0.717) is 6.42 Å². The second-order valence-corrected chi connectivity index (χ2v) is 4.04. The van der Waals surface area contributed by atoms with Crippen molar-refractivity contribution in [2.75, 3.05) is 0 Å². The molecule has 1 N–H and O–H groups in total. The first-order chi connectivity index (χ1) is 6.77. The first-order valence-corrected chi connectivity index (χ1v) is 5.24. The SMILES string of the molecule is Cc1ncsc1C(O)Cc1ccoc1. The van der Waals surface area contributed by atoms with Gasteiger partial charge in [-0.25, -0.2) is 4.98 Å². The van der Waals surface area contributed by atoms with Crippen LogP contribution >= 0.6 is 11.3 Å². The largest absolute Gasteiger partial charge is 0.472 e. The van der Waals surface area contributed by atoms with E-state index in [4.69, 9.17) is 4.42 Å². The van der Waals surface area contributed by atoms with Crippen LogP contribution in [0.2, 0.25) is 0 Å². The van der Waals surface area contributed by atoms with E-state index in [1.54, 1.807) is 18.0 Å². The van der Waals surface area contributed by atoms with Crippen molar-refractivity contribution >= 4 is 11.3 Å². The first kappa shape index (κ1) is 9.43. The molecule has 74 valence electrons. The summed E-state index contributed by atoms with van der Waals surface area (Å²) < 4.78 is 4.94. The van der Waals surface area contributed by atoms with Crippen molar-refractivity contribution in [1.29, 1.82) is 0 Å². The highest BCUT2D eigenvalue weighted by atomic mass is 32.1. The third-order valence-corrected chi connectivity index (χ3v) is 3.13. The molecule has 0 amide bonds. The Balaban J connectivity index is 2.10. The average molecular weight is 209 g/mol. The molecule has 0 saturated heterocycles. The number of thiazole rings is 1. The lowest BCUT2D eigenvalue weighted by Crippen LogP contribution is -2.00. The van der Waals surface area contributed by atoms with Gasteiger partial charge in [-0.15, -0.1) is 11.3 Å². The fraction of sp³-hybridized carbons (Fsp3) is 0.300. The maximum Gasteiger partial charge on any atom is 0.0942 e. The van der Waals surface area contributed by atoms with Gasteiger partial charge in [-0.1, -0.05) is 0 Å². The van der Waals surface area contributed by atoms with Gasteiger partial charge in [0.1, 0.15) is 0 Å². The minimum atomic E-state index is -0.472. The summed E-state index contributed by atoms with van der Waals surface area (Å²) in [5.41, 5.74) is 3.67. The van der Waals surface area contributed by atoms with E-state index < -0.39 is 6.10 Å². The fourth-order valence-electron chi connectivity index (χ4n) is 1.36. The minimum Gasteiger partial charge on any atom is -0.472 e. The standard InChI is InChI=1S/C10H11NO2S/c1-7-10(14-6-11-7)9(12)4-8-2-3-13-5-8/h2-3,5-6,9,12H,4H2,1H3. The van der Waals surface area contributed by atoms with E-state index in [1.165, 1.54) is 11.3 Å². The van der Waals surface area contributed by atoms with Gasteiger partial charge in [-0.3, -0.25) is 0 Å². The van der Waals surface area contributed by atoms with E-state index in [0.717, 1.165) is 16.1 Å². The summed E-state index contributed by atoms with van der Waals surface area (Å²) in [5.74, 6) is 0. The lowest BCUT2D eigenvalue weighted by molar-refractivity contribution is 0.181. The lowest BCUT2D eigenvalue weighted by atomic mass is 10.1. The van der Waals surface area contributed by atoms with Gasteiger partial charge in [0, 0.05) is 6.42 Å². The summed E-state index contributed by atoms with van der Waals surface area (Å²) in [7, 11) is 0. The van der Waals surface area contributed by atoms with Gasteiger partial charge in [0.05, 0.1) is 34.7 Å². The Bertz CT molecular complexity index is 394. The smallest absolute Gasteiger partial charge is 0.0942 e. The molecule has 2 aromatic heterocycles. The van der Waals surface area contributed by atoms with E-state index >= 15 is 0 Å². The molecule has 0 fully saturated rings. The molecule has 14 heavy (non-hydrogen) atoms. The molecule has 1 atom stereocenters. The maximum absolute atomic E-state index is 9.89. The zero-order chi connectivity index (χ0) is 9.97. The van der Waals surface area contributed by atoms with E-state index in [-0.39, 0.29) is 0 Å². The third kappa shape index (κ3) is 1.86. The quantitative estimate of drug-likeness (QED) is 0.843. The van der Waals surface area contributed by atoms with Crippen molar-refractivity contribution in [3.8, 4) is 0 Å². The molecule has 2 aromatic rings. The van der Waals surface area contributed by atoms with Crippen molar-refractivity contribution in [3.63, 3.8) is 0 Å². The van der Waals surface area contributed by atoms with Crippen LogP contribution in [0.4, 0.5) is 0 Å². The second kappa shape index (κ2) is 3.94. The topological polar surface area (TPSA) is 46.3 Å². The number of rotatable bonds is 3. The lowest BCUT2D eigenvalue weighted by Gasteiger charge is -2.06. The summed E-state index contributed by atoms with van der Waals surface area (Å²) >= 11 is 1.49. The molecular weight excluding hydrogens is 198 g/mol. The number of hydrogen-bond acceptors (Lipinski definition) is 4. The molecule has 0 radical (unpaired) electrons. The highest BCUT2D eigenvalue weighted by Gasteiger charge is 2.13. The summed E-state index contributed by atoms with van der Waals surface area (Å²) in [5, 5.41) is 9.89. The van der Waals surface area contributed by atoms with Crippen molar-refractivity contribution in [2.45, 2.75) is 19.4 Å². The monoisotopic (exact) mass is 209 g/mol. The van der Waals surface area contributed by atoms with Crippen LogP contribution in [0.15, 0.2) is 28.5 Å². The summed E-state index contributed by atoms with van der Waals surface area (Å²) in [6.07, 6.45) is 3.38. The Morgan fingerprint density at radius 3 is 3.07 bits per heavy atom. The van der Waals surface area contributed by atoms with Crippen molar-refractivity contribution in [1.82, 2.24) is 4.98 Å². The zero-order valence-electron chi connectivity index (χ0n) is 7.80. The molecule has 0 spiro atoms. The van der Waals surface area contributed by atoms with Crippen LogP contribution in [0.5, 0.6) is 0 Å². The van der Waals surface area contributed by atoms with Crippen molar-refractivity contribution in [3.05, 3.63) is 40.2 Å². The van der Waals surface area contributed by atoms with Gasteiger partial charge in [-0.05, 0) is 18.6 Å². The van der Waals surface area contributed by atoms with Gasteiger partial charge in [0.2, 0.25) is 0 Å². The van der Waals surface area contributed by atoms with Crippen LogP contribution in [-0.4, -0.2) is 10.1 Å². The molecule has 4 heteroatoms. The molecule has 0 bridgehead atoms. The number of hydrogen-bond donors (Lipinski definition) is 1. The van der Waals surface area contributed by atoms with E-state index in [2.05, 4.69) is 4.98 Å². The predicted molar refractivity (Wildman–Crippen MR) is 54.2 cm³/mol. The Kier molecular flexibility index (Phi) is 2.65. The highest BCUT2D eigenvalue weighted by Crippen LogP contribution is 2.24. The van der Waals surface area contributed by atoms with E-state index in [1.807, 2.05) is 13.0 Å². The Labute approximate surface area is 86.0 Å². The van der Waals surface area contributed by atoms with Crippen molar-refractivity contribution < 1.29 is 9.52 Å². The summed E-state index contributed by atoms with van der Waals surface area (Å²) in [6.45, 7) is 1.91. The van der Waals surface area contributed by atoms with Gasteiger partial charge < -0.3 is 9.52 Å². The highest BCUT2D eigenvalue weighted by molar-refractivity contribution is 7.09. The maximum atomic E-state index is 9.89. The van der Waals surface area contributed by atoms with Gasteiger partial charge in [0.15, 0.2) is 0 Å². The Morgan fingerprint density at radius 1 is 1.64 bits per heavy atom. The molecule has 3 nitrogen and oxygen atoms in total. The Morgan fingerprint density at radius 2 is 2.50 bits per heavy atom. The van der Waals surface area contributed by atoms with Crippen molar-refractivity contribution in [2.24, 2.45) is 0 Å². The van der Waals surface area contributed by atoms with Gasteiger partial charge in [0.25, 0.3) is 0 Å². The van der Waals surface area contributed by atoms with Gasteiger partial charge >= 0.3 is 0 Å². The number of aliphatic hydroxyl groups excluding tert-OH is 1.